The van der Waals surface area contributed by atoms with Gasteiger partial charge >= 0.3 is 0 Å². The molecule has 35 heavy (non-hydrogen) atoms. The van der Waals surface area contributed by atoms with Crippen molar-refractivity contribution in [3.05, 3.63) is 41.2 Å². The van der Waals surface area contributed by atoms with Crippen LogP contribution in [0.2, 0.25) is 0 Å². The number of carbonyl (C=O) groups is 4. The molecule has 0 spiro atoms. The molecule has 3 aliphatic rings. The zero-order valence-corrected chi connectivity index (χ0v) is 20.1. The van der Waals surface area contributed by atoms with Crippen molar-refractivity contribution in [3.63, 3.8) is 0 Å². The number of piperidine rings is 2. The van der Waals surface area contributed by atoms with Crippen LogP contribution in [0.3, 0.4) is 0 Å². The summed E-state index contributed by atoms with van der Waals surface area (Å²) in [5.74, 6) is -0.604. The zero-order chi connectivity index (χ0) is 24.7. The quantitative estimate of drug-likeness (QED) is 0.658. The van der Waals surface area contributed by atoms with E-state index in [1.54, 1.807) is 23.0 Å². The van der Waals surface area contributed by atoms with Crippen molar-refractivity contribution in [1.29, 1.82) is 0 Å². The van der Waals surface area contributed by atoms with Crippen LogP contribution in [0.15, 0.2) is 24.4 Å². The van der Waals surface area contributed by atoms with Crippen LogP contribution in [0.1, 0.15) is 78.8 Å². The standard InChI is InChI=1S/C25H30N6O4/c1-3-5-20-15(2)6-4-11-29(20)25(35)19-14-31(28-27-19)17-7-8-18-16(12-17)13-30(24(18)34)21-9-10-22(32)26-23(21)33/h7-8,12,14-15,20-21H,3-6,9-11,13H2,1-2H3,(H,26,32,33). The Hall–Kier alpha value is -3.56. The fourth-order valence-electron chi connectivity index (χ4n) is 5.58. The fourth-order valence-corrected chi connectivity index (χ4v) is 5.58. The SMILES string of the molecule is CCCC1C(C)CCCN1C(=O)c1cn(-c2ccc3c(c2)CN(C2CCC(=O)NC2=O)C3=O)nn1. The molecule has 0 bridgehead atoms. The summed E-state index contributed by atoms with van der Waals surface area (Å²) in [6.07, 6.45) is 6.29. The van der Waals surface area contributed by atoms with E-state index in [1.807, 2.05) is 11.0 Å². The predicted molar refractivity (Wildman–Crippen MR) is 126 cm³/mol. The highest BCUT2D eigenvalue weighted by molar-refractivity contribution is 6.05. The molecule has 5 rings (SSSR count). The summed E-state index contributed by atoms with van der Waals surface area (Å²) < 4.78 is 1.55. The fraction of sp³-hybridized carbons (Fsp3) is 0.520. The first-order valence-corrected chi connectivity index (χ1v) is 12.4. The molecule has 0 saturated carbocycles. The van der Waals surface area contributed by atoms with Gasteiger partial charge in [-0.15, -0.1) is 5.10 Å². The molecule has 10 heteroatoms. The Bertz CT molecular complexity index is 1190. The van der Waals surface area contributed by atoms with E-state index in [2.05, 4.69) is 29.5 Å². The maximum atomic E-state index is 13.3. The second kappa shape index (κ2) is 9.24. The summed E-state index contributed by atoms with van der Waals surface area (Å²) in [6, 6.07) is 4.87. The Labute approximate surface area is 203 Å². The van der Waals surface area contributed by atoms with Gasteiger partial charge in [-0.2, -0.15) is 0 Å². The van der Waals surface area contributed by atoms with Gasteiger partial charge in [0.15, 0.2) is 5.69 Å². The smallest absolute Gasteiger partial charge is 0.276 e. The van der Waals surface area contributed by atoms with Crippen LogP contribution >= 0.6 is 0 Å². The number of nitrogens with zero attached hydrogens (tertiary/aromatic N) is 5. The summed E-state index contributed by atoms with van der Waals surface area (Å²) >= 11 is 0. The number of benzene rings is 1. The predicted octanol–water partition coefficient (Wildman–Crippen LogP) is 2.07. The second-order valence-corrected chi connectivity index (χ2v) is 9.76. The molecule has 0 radical (unpaired) electrons. The van der Waals surface area contributed by atoms with Gasteiger partial charge in [0.1, 0.15) is 6.04 Å². The molecular formula is C25H30N6O4. The van der Waals surface area contributed by atoms with Crippen LogP contribution in [0.5, 0.6) is 0 Å². The van der Waals surface area contributed by atoms with Crippen LogP contribution in [0, 0.1) is 5.92 Å². The van der Waals surface area contributed by atoms with Gasteiger partial charge in [0.05, 0.1) is 11.9 Å². The van der Waals surface area contributed by atoms with E-state index in [0.717, 1.165) is 37.8 Å². The number of carbonyl (C=O) groups excluding carboxylic acids is 4. The third kappa shape index (κ3) is 4.21. The van der Waals surface area contributed by atoms with E-state index in [4.69, 9.17) is 0 Å². The normalized spacial score (nSPS) is 24.5. The number of hydrogen-bond acceptors (Lipinski definition) is 6. The summed E-state index contributed by atoms with van der Waals surface area (Å²) in [5.41, 5.74) is 2.29. The summed E-state index contributed by atoms with van der Waals surface area (Å²) in [5, 5.41) is 10.7. The van der Waals surface area contributed by atoms with Gasteiger partial charge in [-0.25, -0.2) is 4.68 Å². The lowest BCUT2D eigenvalue weighted by atomic mass is 9.88. The van der Waals surface area contributed by atoms with Gasteiger partial charge in [0.2, 0.25) is 11.8 Å². The van der Waals surface area contributed by atoms with Crippen molar-refractivity contribution in [3.8, 4) is 5.69 Å². The zero-order valence-electron chi connectivity index (χ0n) is 20.1. The molecule has 2 fully saturated rings. The minimum Gasteiger partial charge on any atom is -0.334 e. The third-order valence-electron chi connectivity index (χ3n) is 7.45. The highest BCUT2D eigenvalue weighted by Crippen LogP contribution is 2.30. The molecule has 0 aliphatic carbocycles. The first kappa shape index (κ1) is 23.2. The van der Waals surface area contributed by atoms with E-state index in [-0.39, 0.29) is 36.7 Å². The highest BCUT2D eigenvalue weighted by Gasteiger charge is 2.39. The monoisotopic (exact) mass is 478 g/mol. The van der Waals surface area contributed by atoms with Crippen LogP contribution in [0.4, 0.5) is 0 Å². The third-order valence-corrected chi connectivity index (χ3v) is 7.45. The average Bonchev–Trinajstić information content (AvgIpc) is 3.45. The minimum absolute atomic E-state index is 0.0957. The van der Waals surface area contributed by atoms with Crippen molar-refractivity contribution < 1.29 is 19.2 Å². The number of hydrogen-bond donors (Lipinski definition) is 1. The largest absolute Gasteiger partial charge is 0.334 e. The Balaban J connectivity index is 1.34. The van der Waals surface area contributed by atoms with Crippen molar-refractivity contribution in [2.45, 2.75) is 71.0 Å². The van der Waals surface area contributed by atoms with Crippen LogP contribution in [-0.4, -0.2) is 67.1 Å². The lowest BCUT2D eigenvalue weighted by Crippen LogP contribution is -2.52. The topological polar surface area (TPSA) is 118 Å². The lowest BCUT2D eigenvalue weighted by molar-refractivity contribution is -0.136. The van der Waals surface area contributed by atoms with Crippen molar-refractivity contribution >= 4 is 23.6 Å². The van der Waals surface area contributed by atoms with Crippen molar-refractivity contribution in [1.82, 2.24) is 30.1 Å². The van der Waals surface area contributed by atoms with E-state index >= 15 is 0 Å². The first-order chi connectivity index (χ1) is 16.9. The average molecular weight is 479 g/mol. The molecule has 3 atom stereocenters. The summed E-state index contributed by atoms with van der Waals surface area (Å²) in [7, 11) is 0. The lowest BCUT2D eigenvalue weighted by Gasteiger charge is -2.39. The van der Waals surface area contributed by atoms with Gasteiger partial charge in [-0.05, 0) is 55.4 Å². The molecule has 1 aromatic heterocycles. The van der Waals surface area contributed by atoms with E-state index in [1.165, 1.54) is 4.90 Å². The van der Waals surface area contributed by atoms with Crippen LogP contribution in [-0.2, 0) is 16.1 Å². The molecule has 1 aromatic carbocycles. The number of imide groups is 1. The van der Waals surface area contributed by atoms with Gasteiger partial charge in [-0.1, -0.05) is 25.5 Å². The minimum atomic E-state index is -0.658. The Kier molecular flexibility index (Phi) is 6.12. The summed E-state index contributed by atoms with van der Waals surface area (Å²) in [4.78, 5) is 53.4. The maximum Gasteiger partial charge on any atom is 0.276 e. The Morgan fingerprint density at radius 1 is 1.20 bits per heavy atom. The maximum absolute atomic E-state index is 13.3. The molecule has 4 amide bonds. The molecule has 3 unspecified atom stereocenters. The van der Waals surface area contributed by atoms with Crippen LogP contribution in [0.25, 0.3) is 5.69 Å². The van der Waals surface area contributed by atoms with E-state index in [9.17, 15) is 19.2 Å². The van der Waals surface area contributed by atoms with Gasteiger partial charge in [0.25, 0.3) is 11.8 Å². The molecule has 184 valence electrons. The Morgan fingerprint density at radius 3 is 2.80 bits per heavy atom. The number of rotatable bonds is 5. The number of fused-ring (bicyclic) bond motifs is 1. The van der Waals surface area contributed by atoms with E-state index < -0.39 is 11.9 Å². The second-order valence-electron chi connectivity index (χ2n) is 9.76. The number of amides is 4. The van der Waals surface area contributed by atoms with Crippen molar-refractivity contribution in [2.24, 2.45) is 5.92 Å². The van der Waals surface area contributed by atoms with Crippen molar-refractivity contribution in [2.75, 3.05) is 6.54 Å². The van der Waals surface area contributed by atoms with Gasteiger partial charge < -0.3 is 9.80 Å². The first-order valence-electron chi connectivity index (χ1n) is 12.4. The highest BCUT2D eigenvalue weighted by atomic mass is 16.2. The Morgan fingerprint density at radius 2 is 2.03 bits per heavy atom. The van der Waals surface area contributed by atoms with Gasteiger partial charge in [-0.3, -0.25) is 24.5 Å². The number of likely N-dealkylation sites (tertiary alicyclic amines) is 1. The van der Waals surface area contributed by atoms with Gasteiger partial charge in [0, 0.05) is 31.1 Å². The number of nitrogens with one attached hydrogen (secondary N) is 1. The molecule has 4 heterocycles. The molecule has 1 N–H and O–H groups in total. The molecule has 3 aliphatic heterocycles. The molecular weight excluding hydrogens is 448 g/mol. The molecule has 2 saturated heterocycles. The van der Waals surface area contributed by atoms with E-state index in [0.29, 0.717) is 29.3 Å². The number of aromatic nitrogens is 3. The molecule has 10 nitrogen and oxygen atoms in total. The molecule has 2 aromatic rings. The summed E-state index contributed by atoms with van der Waals surface area (Å²) in [6.45, 7) is 5.36. The van der Waals surface area contributed by atoms with Crippen LogP contribution < -0.4 is 5.32 Å².